The number of nitrogens with one attached hydrogen (secondary N) is 2. The van der Waals surface area contributed by atoms with Gasteiger partial charge in [-0.2, -0.15) is 0 Å². The maximum absolute atomic E-state index is 14.2. The van der Waals surface area contributed by atoms with Crippen molar-refractivity contribution in [3.63, 3.8) is 0 Å². The second-order valence-electron chi connectivity index (χ2n) is 13.7. The first-order chi connectivity index (χ1) is 18.6. The number of likely N-dealkylation sites (tertiary alicyclic amines) is 1. The minimum Gasteiger partial charge on any atom is -0.444 e. The van der Waals surface area contributed by atoms with Crippen molar-refractivity contribution in [2.45, 2.75) is 128 Å². The fourth-order valence-corrected chi connectivity index (χ4v) is 6.64. The van der Waals surface area contributed by atoms with Gasteiger partial charge in [0, 0.05) is 12.5 Å². The number of hydrogen-bond acceptors (Lipinski definition) is 7. The molecule has 0 spiro atoms. The summed E-state index contributed by atoms with van der Waals surface area (Å²) in [6.45, 7) is 9.38. The van der Waals surface area contributed by atoms with Gasteiger partial charge in [0.05, 0.1) is 17.7 Å². The molecule has 4 fully saturated rings. The molecular formula is C29H46N4O7. The Balaban J connectivity index is 1.60. The van der Waals surface area contributed by atoms with Crippen LogP contribution in [0.3, 0.4) is 0 Å². The summed E-state index contributed by atoms with van der Waals surface area (Å²) in [4.78, 5) is 66.8. The fourth-order valence-electron chi connectivity index (χ4n) is 6.64. The van der Waals surface area contributed by atoms with Crippen molar-refractivity contribution in [1.82, 2.24) is 15.5 Å². The van der Waals surface area contributed by atoms with Gasteiger partial charge in [0.15, 0.2) is 0 Å². The molecule has 11 nitrogen and oxygen atoms in total. The SMILES string of the molecule is CC(C)(C)OC(=O)NC(C(=O)N1CC2OC(C)(C)C[C@H]2C1C(=O)NC(CC1CC1)C(=O)C(N)=O)C1CCCCC1. The molecule has 2 heterocycles. The van der Waals surface area contributed by atoms with Gasteiger partial charge in [-0.05, 0) is 72.1 Å². The van der Waals surface area contributed by atoms with E-state index in [1.807, 2.05) is 13.8 Å². The van der Waals surface area contributed by atoms with Crippen LogP contribution >= 0.6 is 0 Å². The molecule has 4 N–H and O–H groups in total. The van der Waals surface area contributed by atoms with Crippen LogP contribution in [-0.4, -0.2) is 76.5 Å². The molecule has 2 aliphatic carbocycles. The Kier molecular flexibility index (Phi) is 8.82. The molecule has 11 heteroatoms. The van der Waals surface area contributed by atoms with Gasteiger partial charge in [0.2, 0.25) is 17.6 Å². The van der Waals surface area contributed by atoms with Gasteiger partial charge in [0.25, 0.3) is 5.91 Å². The van der Waals surface area contributed by atoms with Gasteiger partial charge < -0.3 is 30.7 Å². The Hall–Kier alpha value is -2.69. The van der Waals surface area contributed by atoms with Gasteiger partial charge in [-0.25, -0.2) is 4.79 Å². The summed E-state index contributed by atoms with van der Waals surface area (Å²) in [6.07, 6.45) is 6.25. The molecule has 4 rings (SSSR count). The zero-order valence-electron chi connectivity index (χ0n) is 24.5. The lowest BCUT2D eigenvalue weighted by Gasteiger charge is -2.36. The number of fused-ring (bicyclic) bond motifs is 1. The van der Waals surface area contributed by atoms with Crippen molar-refractivity contribution in [2.75, 3.05) is 6.54 Å². The highest BCUT2D eigenvalue weighted by molar-refractivity contribution is 6.37. The average molecular weight is 563 g/mol. The lowest BCUT2D eigenvalue weighted by molar-refractivity contribution is -0.144. The number of primary amides is 1. The number of carbonyl (C=O) groups is 5. The quantitative estimate of drug-likeness (QED) is 0.364. The van der Waals surface area contributed by atoms with Gasteiger partial charge in [0.1, 0.15) is 17.7 Å². The first-order valence-electron chi connectivity index (χ1n) is 14.8. The van der Waals surface area contributed by atoms with Crippen molar-refractivity contribution in [2.24, 2.45) is 23.5 Å². The summed E-state index contributed by atoms with van der Waals surface area (Å²) in [5, 5.41) is 5.61. The highest BCUT2D eigenvalue weighted by Gasteiger charge is 2.56. The zero-order chi connectivity index (χ0) is 29.4. The number of Topliss-reactive ketones (excluding diaryl/α,β-unsaturated/α-hetero) is 1. The second kappa shape index (κ2) is 11.7. The third-order valence-electron chi connectivity index (χ3n) is 8.55. The molecule has 224 valence electrons. The first kappa shape index (κ1) is 30.3. The van der Waals surface area contributed by atoms with E-state index in [4.69, 9.17) is 15.2 Å². The Morgan fingerprint density at radius 3 is 2.25 bits per heavy atom. The summed E-state index contributed by atoms with van der Waals surface area (Å²) in [5.74, 6) is -2.90. The zero-order valence-corrected chi connectivity index (χ0v) is 24.5. The minimum atomic E-state index is -1.09. The number of nitrogens with zero attached hydrogens (tertiary/aromatic N) is 1. The number of rotatable bonds is 9. The molecular weight excluding hydrogens is 516 g/mol. The smallest absolute Gasteiger partial charge is 0.408 e. The summed E-state index contributed by atoms with van der Waals surface area (Å²) in [6, 6.07) is -2.79. The number of alkyl carbamates (subject to hydrolysis) is 1. The third kappa shape index (κ3) is 7.33. The molecule has 0 bridgehead atoms. The Bertz CT molecular complexity index is 1010. The summed E-state index contributed by atoms with van der Waals surface area (Å²) in [5.41, 5.74) is 4.08. The van der Waals surface area contributed by atoms with Crippen LogP contribution in [0.15, 0.2) is 0 Å². The Labute approximate surface area is 236 Å². The van der Waals surface area contributed by atoms with Crippen molar-refractivity contribution in [1.29, 1.82) is 0 Å². The van der Waals surface area contributed by atoms with Gasteiger partial charge in [-0.1, -0.05) is 32.1 Å². The van der Waals surface area contributed by atoms with E-state index in [2.05, 4.69) is 10.6 Å². The van der Waals surface area contributed by atoms with E-state index in [9.17, 15) is 24.0 Å². The van der Waals surface area contributed by atoms with E-state index in [1.165, 1.54) is 4.90 Å². The maximum atomic E-state index is 14.2. The largest absolute Gasteiger partial charge is 0.444 e. The van der Waals surface area contributed by atoms with Crippen LogP contribution in [-0.2, 0) is 28.7 Å². The van der Waals surface area contributed by atoms with E-state index >= 15 is 0 Å². The van der Waals surface area contributed by atoms with Crippen molar-refractivity contribution in [3.8, 4) is 0 Å². The fraction of sp³-hybridized carbons (Fsp3) is 0.828. The third-order valence-corrected chi connectivity index (χ3v) is 8.55. The molecule has 40 heavy (non-hydrogen) atoms. The van der Waals surface area contributed by atoms with Crippen molar-refractivity contribution in [3.05, 3.63) is 0 Å². The van der Waals surface area contributed by atoms with Crippen LogP contribution in [0.2, 0.25) is 0 Å². The van der Waals surface area contributed by atoms with Crippen LogP contribution in [0.1, 0.15) is 92.4 Å². The maximum Gasteiger partial charge on any atom is 0.408 e. The molecule has 2 aliphatic heterocycles. The molecule has 0 aromatic rings. The predicted octanol–water partition coefficient (Wildman–Crippen LogP) is 2.19. The molecule has 2 saturated carbocycles. The molecule has 0 aromatic carbocycles. The summed E-state index contributed by atoms with van der Waals surface area (Å²) in [7, 11) is 0. The van der Waals surface area contributed by atoms with Crippen molar-refractivity contribution < 1.29 is 33.4 Å². The number of amides is 4. The highest BCUT2D eigenvalue weighted by Crippen LogP contribution is 2.44. The molecule has 0 aromatic heterocycles. The number of ether oxygens (including phenoxy) is 2. The molecule has 4 amide bonds. The first-order valence-corrected chi connectivity index (χ1v) is 14.8. The lowest BCUT2D eigenvalue weighted by atomic mass is 9.83. The van der Waals surface area contributed by atoms with E-state index < -0.39 is 53.0 Å². The molecule has 5 atom stereocenters. The molecule has 0 radical (unpaired) electrons. The normalized spacial score (nSPS) is 27.8. The standard InChI is InChI=1S/C29H46N4O7/c1-28(2,3)40-27(38)32-21(17-9-7-6-8-10-17)26(37)33-15-20-18(14-29(4,5)39-20)22(33)25(36)31-19(13-16-11-12-16)23(34)24(30)35/h16-22H,6-15H2,1-5H3,(H2,30,35)(H,31,36)(H,32,38)/t18-,19?,20?,21?,22?/m1/s1. The lowest BCUT2D eigenvalue weighted by Crippen LogP contribution is -2.59. The number of carbonyl (C=O) groups excluding carboxylic acids is 5. The molecule has 2 saturated heterocycles. The van der Waals surface area contributed by atoms with E-state index in [1.54, 1.807) is 20.8 Å². The van der Waals surface area contributed by atoms with Crippen LogP contribution in [0.4, 0.5) is 4.79 Å². The van der Waals surface area contributed by atoms with Crippen LogP contribution in [0, 0.1) is 17.8 Å². The van der Waals surface area contributed by atoms with Gasteiger partial charge in [-0.15, -0.1) is 0 Å². The van der Waals surface area contributed by atoms with E-state index in [-0.39, 0.29) is 36.3 Å². The average Bonchev–Trinajstić information content (AvgIpc) is 3.53. The van der Waals surface area contributed by atoms with E-state index in [0.29, 0.717) is 12.8 Å². The number of hydrogen-bond donors (Lipinski definition) is 3. The second-order valence-corrected chi connectivity index (χ2v) is 13.7. The number of nitrogens with two attached hydrogens (primary N) is 1. The molecule has 4 unspecified atom stereocenters. The van der Waals surface area contributed by atoms with Gasteiger partial charge >= 0.3 is 6.09 Å². The highest BCUT2D eigenvalue weighted by atomic mass is 16.6. The summed E-state index contributed by atoms with van der Waals surface area (Å²) < 4.78 is 11.7. The van der Waals surface area contributed by atoms with Crippen LogP contribution in [0.25, 0.3) is 0 Å². The van der Waals surface area contributed by atoms with Crippen LogP contribution < -0.4 is 16.4 Å². The number of ketones is 1. The topological polar surface area (TPSA) is 157 Å². The monoisotopic (exact) mass is 562 g/mol. The summed E-state index contributed by atoms with van der Waals surface area (Å²) >= 11 is 0. The minimum absolute atomic E-state index is 0.0886. The van der Waals surface area contributed by atoms with Crippen molar-refractivity contribution >= 4 is 29.6 Å². The Morgan fingerprint density at radius 1 is 1.02 bits per heavy atom. The molecule has 4 aliphatic rings. The van der Waals surface area contributed by atoms with Crippen LogP contribution in [0.5, 0.6) is 0 Å². The predicted molar refractivity (Wildman–Crippen MR) is 146 cm³/mol. The Morgan fingerprint density at radius 2 is 1.68 bits per heavy atom. The van der Waals surface area contributed by atoms with Gasteiger partial charge in [-0.3, -0.25) is 19.2 Å². The van der Waals surface area contributed by atoms with E-state index in [0.717, 1.165) is 44.9 Å².